The number of nitrogens with zero attached hydrogens (tertiary/aromatic N) is 2. The lowest BCUT2D eigenvalue weighted by Crippen LogP contribution is -2.04. The second-order valence-electron chi connectivity index (χ2n) is 6.58. The Bertz CT molecular complexity index is 866. The van der Waals surface area contributed by atoms with Gasteiger partial charge in [0.1, 0.15) is 0 Å². The van der Waals surface area contributed by atoms with Gasteiger partial charge < -0.3 is 4.72 Å². The van der Waals surface area contributed by atoms with Gasteiger partial charge in [-0.15, -0.1) is 0 Å². The number of aromatic nitrogens is 1. The summed E-state index contributed by atoms with van der Waals surface area (Å²) in [6.07, 6.45) is 5.02. The minimum Gasteiger partial charge on any atom is -0.330 e. The van der Waals surface area contributed by atoms with Crippen molar-refractivity contribution in [3.63, 3.8) is 0 Å². The van der Waals surface area contributed by atoms with Crippen molar-refractivity contribution in [1.29, 1.82) is 0 Å². The zero-order valence-electron chi connectivity index (χ0n) is 17.0. The molecule has 1 aromatic heterocycles. The lowest BCUT2D eigenvalue weighted by molar-refractivity contribution is 1.11. The van der Waals surface area contributed by atoms with Crippen LogP contribution in [-0.4, -0.2) is 16.4 Å². The van der Waals surface area contributed by atoms with Gasteiger partial charge in [-0.3, -0.25) is 4.98 Å². The van der Waals surface area contributed by atoms with Crippen LogP contribution in [0.15, 0.2) is 59.7 Å². The number of aryl methyl sites for hydroxylation is 2. The first-order chi connectivity index (χ1) is 13.0. The third-order valence-electron chi connectivity index (χ3n) is 4.09. The Morgan fingerprint density at radius 3 is 2.67 bits per heavy atom. The second kappa shape index (κ2) is 10.1. The minimum absolute atomic E-state index is 0.895. The molecule has 142 valence electrons. The zero-order chi connectivity index (χ0) is 19.8. The van der Waals surface area contributed by atoms with Gasteiger partial charge in [0.2, 0.25) is 0 Å². The number of anilines is 1. The van der Waals surface area contributed by atoms with Crippen molar-refractivity contribution in [1.82, 2.24) is 4.98 Å². The summed E-state index contributed by atoms with van der Waals surface area (Å²) in [5.41, 5.74) is 8.22. The Labute approximate surface area is 167 Å². The minimum atomic E-state index is 0.895. The smallest absolute Gasteiger partial charge is 0.0733 e. The van der Waals surface area contributed by atoms with E-state index in [1.165, 1.54) is 5.56 Å². The van der Waals surface area contributed by atoms with Crippen molar-refractivity contribution < 1.29 is 0 Å². The van der Waals surface area contributed by atoms with Crippen LogP contribution in [0.25, 0.3) is 5.70 Å². The number of hydrogen-bond acceptors (Lipinski definition) is 4. The molecule has 1 heterocycles. The summed E-state index contributed by atoms with van der Waals surface area (Å²) in [6, 6.07) is 10.5. The maximum atomic E-state index is 4.99. The van der Waals surface area contributed by atoms with E-state index >= 15 is 0 Å². The summed E-state index contributed by atoms with van der Waals surface area (Å²) in [6.45, 7) is 14.4. The molecule has 4 heteroatoms. The number of pyridine rings is 1. The van der Waals surface area contributed by atoms with Gasteiger partial charge in [-0.2, -0.15) is 0 Å². The summed E-state index contributed by atoms with van der Waals surface area (Å²) in [7, 11) is 0. The maximum absolute atomic E-state index is 4.99. The highest BCUT2D eigenvalue weighted by Gasteiger charge is 2.10. The van der Waals surface area contributed by atoms with Crippen LogP contribution in [0.1, 0.15) is 49.6 Å². The predicted molar refractivity (Wildman–Crippen MR) is 122 cm³/mol. The van der Waals surface area contributed by atoms with Crippen LogP contribution in [0.3, 0.4) is 0 Å². The summed E-state index contributed by atoms with van der Waals surface area (Å²) in [4.78, 5) is 9.28. The lowest BCUT2D eigenvalue weighted by Gasteiger charge is -2.13. The number of rotatable bonds is 8. The van der Waals surface area contributed by atoms with Gasteiger partial charge in [0.25, 0.3) is 0 Å². The molecule has 0 bridgehead atoms. The van der Waals surface area contributed by atoms with E-state index in [4.69, 9.17) is 4.99 Å². The fourth-order valence-corrected chi connectivity index (χ4v) is 3.30. The Kier molecular flexibility index (Phi) is 7.86. The number of hydrogen-bond donors (Lipinski definition) is 1. The molecule has 0 saturated heterocycles. The van der Waals surface area contributed by atoms with Crippen molar-refractivity contribution in [2.75, 3.05) is 10.5 Å². The summed E-state index contributed by atoms with van der Waals surface area (Å²) >= 11 is 1.73. The van der Waals surface area contributed by atoms with Gasteiger partial charge in [0.15, 0.2) is 0 Å². The van der Waals surface area contributed by atoms with Gasteiger partial charge >= 0.3 is 0 Å². The van der Waals surface area contributed by atoms with E-state index in [2.05, 4.69) is 54.4 Å². The van der Waals surface area contributed by atoms with E-state index in [-0.39, 0.29) is 0 Å². The van der Waals surface area contributed by atoms with Crippen molar-refractivity contribution in [3.8, 4) is 0 Å². The summed E-state index contributed by atoms with van der Waals surface area (Å²) in [5.74, 6) is 1.08. The van der Waals surface area contributed by atoms with Crippen molar-refractivity contribution >= 4 is 29.0 Å². The molecular weight excluding hydrogens is 350 g/mol. The molecule has 0 saturated carbocycles. The van der Waals surface area contributed by atoms with Crippen molar-refractivity contribution in [2.24, 2.45) is 4.99 Å². The summed E-state index contributed by atoms with van der Waals surface area (Å²) in [5, 5.41) is 0. The largest absolute Gasteiger partial charge is 0.330 e. The van der Waals surface area contributed by atoms with E-state index in [1.807, 2.05) is 39.1 Å². The molecule has 0 aliphatic rings. The van der Waals surface area contributed by atoms with Crippen LogP contribution in [0.5, 0.6) is 0 Å². The molecule has 2 rings (SSSR count). The molecule has 0 unspecified atom stereocenters. The quantitative estimate of drug-likeness (QED) is 0.319. The molecule has 0 radical (unpaired) electrons. The molecular formula is C23H29N3S. The van der Waals surface area contributed by atoms with Crippen LogP contribution >= 0.6 is 11.9 Å². The van der Waals surface area contributed by atoms with Crippen LogP contribution < -0.4 is 4.72 Å². The van der Waals surface area contributed by atoms with Gasteiger partial charge in [-0.1, -0.05) is 37.6 Å². The molecule has 27 heavy (non-hydrogen) atoms. The fraction of sp³-hybridized carbons (Fsp3) is 0.304. The Morgan fingerprint density at radius 2 is 2.04 bits per heavy atom. The SMILES string of the molecule is C=C(C)C(=N/C(=C\C)c1cc(NSCCC)ccc1C)c1ccnc(C)c1. The molecule has 0 aliphatic carbocycles. The molecule has 1 aromatic carbocycles. The molecule has 3 nitrogen and oxygen atoms in total. The number of nitrogens with one attached hydrogen (secondary N) is 1. The molecule has 2 aromatic rings. The molecule has 1 N–H and O–H groups in total. The van der Waals surface area contributed by atoms with Gasteiger partial charge in [0.05, 0.1) is 11.4 Å². The Balaban J connectivity index is 2.44. The average Bonchev–Trinajstić information content (AvgIpc) is 2.64. The highest BCUT2D eigenvalue weighted by atomic mass is 32.2. The van der Waals surface area contributed by atoms with Crippen LogP contribution in [-0.2, 0) is 0 Å². The van der Waals surface area contributed by atoms with E-state index in [9.17, 15) is 0 Å². The second-order valence-corrected chi connectivity index (χ2v) is 7.48. The number of allylic oxidation sites excluding steroid dienone is 2. The normalized spacial score (nSPS) is 12.2. The first-order valence-electron chi connectivity index (χ1n) is 9.29. The Hall–Kier alpha value is -2.33. The molecule has 0 spiro atoms. The van der Waals surface area contributed by atoms with E-state index in [1.54, 1.807) is 11.9 Å². The summed E-state index contributed by atoms with van der Waals surface area (Å²) < 4.78 is 3.42. The van der Waals surface area contributed by atoms with E-state index < -0.39 is 0 Å². The monoisotopic (exact) mass is 379 g/mol. The molecule has 0 aliphatic heterocycles. The predicted octanol–water partition coefficient (Wildman–Crippen LogP) is 6.59. The molecule has 0 amide bonds. The number of aliphatic imine (C=N–C) groups is 1. The van der Waals surface area contributed by atoms with Gasteiger partial charge in [-0.25, -0.2) is 4.99 Å². The highest BCUT2D eigenvalue weighted by molar-refractivity contribution is 8.00. The third kappa shape index (κ3) is 5.83. The molecule has 0 atom stereocenters. The molecule has 0 fully saturated rings. The van der Waals surface area contributed by atoms with Crippen LogP contribution in [0.4, 0.5) is 5.69 Å². The van der Waals surface area contributed by atoms with E-state index in [0.29, 0.717) is 0 Å². The standard InChI is InChI=1S/C23H29N3S/c1-7-13-27-26-20-10-9-17(5)21(15-20)22(8-2)25-23(16(3)4)19-11-12-24-18(6)14-19/h8-12,14-15,26H,3,7,13H2,1-2,4-6H3/b22-8-,25-23?. The van der Waals surface area contributed by atoms with Crippen molar-refractivity contribution in [3.05, 3.63) is 77.1 Å². The van der Waals surface area contributed by atoms with Crippen LogP contribution in [0, 0.1) is 13.8 Å². The third-order valence-corrected chi connectivity index (χ3v) is 5.08. The zero-order valence-corrected chi connectivity index (χ0v) is 17.8. The topological polar surface area (TPSA) is 37.3 Å². The van der Waals surface area contributed by atoms with Gasteiger partial charge in [-0.05, 0) is 69.5 Å². The van der Waals surface area contributed by atoms with E-state index in [0.717, 1.165) is 51.7 Å². The van der Waals surface area contributed by atoms with Gasteiger partial charge in [0, 0.05) is 34.5 Å². The average molecular weight is 380 g/mol. The lowest BCUT2D eigenvalue weighted by atomic mass is 10.0. The fourth-order valence-electron chi connectivity index (χ4n) is 2.70. The first-order valence-corrected chi connectivity index (χ1v) is 10.3. The first kappa shape index (κ1) is 21.0. The number of benzene rings is 1. The highest BCUT2D eigenvalue weighted by Crippen LogP contribution is 2.27. The van der Waals surface area contributed by atoms with Crippen molar-refractivity contribution in [2.45, 2.75) is 41.0 Å². The Morgan fingerprint density at radius 1 is 1.26 bits per heavy atom. The van der Waals surface area contributed by atoms with Crippen LogP contribution in [0.2, 0.25) is 0 Å². The maximum Gasteiger partial charge on any atom is 0.0733 e.